The van der Waals surface area contributed by atoms with Crippen LogP contribution in [0, 0.1) is 11.3 Å². The Morgan fingerprint density at radius 1 is 1.24 bits per heavy atom. The molecule has 1 aliphatic heterocycles. The van der Waals surface area contributed by atoms with Crippen LogP contribution in [0.25, 0.3) is 0 Å². The Morgan fingerprint density at radius 2 is 1.71 bits per heavy atom. The number of Topliss-reactive ketones (excluding diaryl/α,β-unsaturated/α-hetero) is 1. The molecule has 0 atom stereocenters. The summed E-state index contributed by atoms with van der Waals surface area (Å²) in [6, 6.07) is 0. The Morgan fingerprint density at radius 3 is 2.06 bits per heavy atom. The molecule has 1 rings (SSSR count). The van der Waals surface area contributed by atoms with E-state index in [9.17, 15) is 13.2 Å². The van der Waals surface area contributed by atoms with E-state index in [1.807, 2.05) is 20.8 Å². The molecule has 1 saturated heterocycles. The van der Waals surface area contributed by atoms with Crippen molar-refractivity contribution in [3.63, 3.8) is 0 Å². The van der Waals surface area contributed by atoms with Gasteiger partial charge in [-0.2, -0.15) is 0 Å². The quantitative estimate of drug-likeness (QED) is 0.776. The molecular formula is C12H23NO3S. The zero-order chi connectivity index (χ0) is 13.3. The van der Waals surface area contributed by atoms with Gasteiger partial charge in [0.25, 0.3) is 0 Å². The summed E-state index contributed by atoms with van der Waals surface area (Å²) >= 11 is 0. The molecule has 0 aromatic rings. The molecule has 0 spiro atoms. The summed E-state index contributed by atoms with van der Waals surface area (Å²) in [4.78, 5) is 11.9. The van der Waals surface area contributed by atoms with E-state index in [4.69, 9.17) is 0 Å². The van der Waals surface area contributed by atoms with Gasteiger partial charge in [-0.3, -0.25) is 4.79 Å². The molecule has 17 heavy (non-hydrogen) atoms. The fourth-order valence-electron chi connectivity index (χ4n) is 2.01. The standard InChI is InChI=1S/C12H23NO3S/c1-12(2,3)11(14)9-10-5-7-13(8-6-10)17(4,15)16/h10H,5-9H2,1-4H3. The van der Waals surface area contributed by atoms with Gasteiger partial charge in [0, 0.05) is 24.9 Å². The lowest BCUT2D eigenvalue weighted by Crippen LogP contribution is -2.38. The molecule has 4 nitrogen and oxygen atoms in total. The molecule has 1 fully saturated rings. The predicted octanol–water partition coefficient (Wildman–Crippen LogP) is 1.66. The van der Waals surface area contributed by atoms with Gasteiger partial charge in [-0.05, 0) is 18.8 Å². The Labute approximate surface area is 104 Å². The molecule has 0 saturated carbocycles. The molecule has 1 heterocycles. The maximum absolute atomic E-state index is 11.9. The zero-order valence-corrected chi connectivity index (χ0v) is 12.0. The first-order valence-electron chi connectivity index (χ1n) is 6.09. The van der Waals surface area contributed by atoms with Crippen LogP contribution in [0.4, 0.5) is 0 Å². The minimum absolute atomic E-state index is 0.273. The van der Waals surface area contributed by atoms with Crippen molar-refractivity contribution in [3.05, 3.63) is 0 Å². The maximum atomic E-state index is 11.9. The second-order valence-corrected chi connectivity index (χ2v) is 7.97. The lowest BCUT2D eigenvalue weighted by atomic mass is 9.82. The number of hydrogen-bond donors (Lipinski definition) is 0. The highest BCUT2D eigenvalue weighted by Crippen LogP contribution is 2.26. The van der Waals surface area contributed by atoms with Gasteiger partial charge >= 0.3 is 0 Å². The zero-order valence-electron chi connectivity index (χ0n) is 11.2. The van der Waals surface area contributed by atoms with Crippen molar-refractivity contribution >= 4 is 15.8 Å². The van der Waals surface area contributed by atoms with Crippen molar-refractivity contribution in [3.8, 4) is 0 Å². The molecule has 5 heteroatoms. The largest absolute Gasteiger partial charge is 0.299 e. The molecule has 0 aromatic heterocycles. The fourth-order valence-corrected chi connectivity index (χ4v) is 2.89. The summed E-state index contributed by atoms with van der Waals surface area (Å²) in [5.41, 5.74) is -0.284. The SMILES string of the molecule is CC(C)(C)C(=O)CC1CCN(S(C)(=O)=O)CC1. The molecule has 0 unspecified atom stereocenters. The predicted molar refractivity (Wildman–Crippen MR) is 68.2 cm³/mol. The number of sulfonamides is 1. The van der Waals surface area contributed by atoms with E-state index < -0.39 is 10.0 Å². The van der Waals surface area contributed by atoms with E-state index in [-0.39, 0.29) is 11.2 Å². The van der Waals surface area contributed by atoms with Gasteiger partial charge in [0.1, 0.15) is 5.78 Å². The van der Waals surface area contributed by atoms with Crippen LogP contribution in [-0.4, -0.2) is 37.9 Å². The Balaban J connectivity index is 2.46. The van der Waals surface area contributed by atoms with E-state index in [0.29, 0.717) is 25.4 Å². The number of ketones is 1. The highest BCUT2D eigenvalue weighted by atomic mass is 32.2. The minimum atomic E-state index is -3.06. The molecule has 0 amide bonds. The van der Waals surface area contributed by atoms with Crippen molar-refractivity contribution < 1.29 is 13.2 Å². The average Bonchev–Trinajstić information content (AvgIpc) is 2.15. The lowest BCUT2D eigenvalue weighted by molar-refractivity contribution is -0.127. The smallest absolute Gasteiger partial charge is 0.211 e. The van der Waals surface area contributed by atoms with Crippen molar-refractivity contribution in [2.24, 2.45) is 11.3 Å². The first kappa shape index (κ1) is 14.6. The van der Waals surface area contributed by atoms with E-state index in [2.05, 4.69) is 0 Å². The van der Waals surface area contributed by atoms with Gasteiger partial charge in [0.05, 0.1) is 6.26 Å². The van der Waals surface area contributed by atoms with Crippen LogP contribution >= 0.6 is 0 Å². The van der Waals surface area contributed by atoms with Gasteiger partial charge in [-0.25, -0.2) is 12.7 Å². The summed E-state index contributed by atoms with van der Waals surface area (Å²) in [7, 11) is -3.06. The van der Waals surface area contributed by atoms with Crippen LogP contribution in [0.1, 0.15) is 40.0 Å². The van der Waals surface area contributed by atoms with Gasteiger partial charge in [-0.1, -0.05) is 20.8 Å². The highest BCUT2D eigenvalue weighted by Gasteiger charge is 2.29. The van der Waals surface area contributed by atoms with Crippen LogP contribution in [0.2, 0.25) is 0 Å². The summed E-state index contributed by atoms with van der Waals surface area (Å²) in [5, 5.41) is 0. The van der Waals surface area contributed by atoms with Crippen LogP contribution in [0.15, 0.2) is 0 Å². The number of piperidine rings is 1. The van der Waals surface area contributed by atoms with Crippen molar-refractivity contribution in [1.82, 2.24) is 4.31 Å². The van der Waals surface area contributed by atoms with Gasteiger partial charge in [0.15, 0.2) is 0 Å². The third-order valence-corrected chi connectivity index (χ3v) is 4.66. The second kappa shape index (κ2) is 5.06. The first-order chi connectivity index (χ1) is 7.60. The molecule has 0 aliphatic carbocycles. The highest BCUT2D eigenvalue weighted by molar-refractivity contribution is 7.88. The molecular weight excluding hydrogens is 238 g/mol. The van der Waals surface area contributed by atoms with Gasteiger partial charge < -0.3 is 0 Å². The summed E-state index contributed by atoms with van der Waals surface area (Å²) in [6.07, 6.45) is 3.43. The van der Waals surface area contributed by atoms with Crippen LogP contribution in [0.5, 0.6) is 0 Å². The molecule has 0 aromatic carbocycles. The first-order valence-corrected chi connectivity index (χ1v) is 7.94. The number of hydrogen-bond acceptors (Lipinski definition) is 3. The summed E-state index contributed by atoms with van der Waals surface area (Å²) in [6.45, 7) is 6.91. The van der Waals surface area contributed by atoms with Crippen molar-refractivity contribution in [2.75, 3.05) is 19.3 Å². The maximum Gasteiger partial charge on any atom is 0.211 e. The van der Waals surface area contributed by atoms with Crippen LogP contribution in [-0.2, 0) is 14.8 Å². The van der Waals surface area contributed by atoms with Crippen molar-refractivity contribution in [1.29, 1.82) is 0 Å². The molecule has 1 aliphatic rings. The second-order valence-electron chi connectivity index (χ2n) is 5.98. The number of carbonyl (C=O) groups excluding carboxylic acids is 1. The van der Waals surface area contributed by atoms with E-state index in [1.54, 1.807) is 0 Å². The average molecular weight is 261 g/mol. The normalized spacial score (nSPS) is 20.5. The monoisotopic (exact) mass is 261 g/mol. The van der Waals surface area contributed by atoms with Gasteiger partial charge in [-0.15, -0.1) is 0 Å². The number of carbonyl (C=O) groups is 1. The Hall–Kier alpha value is -0.420. The lowest BCUT2D eigenvalue weighted by Gasteiger charge is -2.31. The fraction of sp³-hybridized carbons (Fsp3) is 0.917. The summed E-state index contributed by atoms with van der Waals surface area (Å²) in [5.74, 6) is 0.620. The summed E-state index contributed by atoms with van der Waals surface area (Å²) < 4.78 is 24.2. The Bertz CT molecular complexity index is 373. The Kier molecular flexibility index (Phi) is 4.36. The van der Waals surface area contributed by atoms with E-state index in [0.717, 1.165) is 12.8 Å². The minimum Gasteiger partial charge on any atom is -0.299 e. The third kappa shape index (κ3) is 4.39. The van der Waals surface area contributed by atoms with E-state index in [1.165, 1.54) is 10.6 Å². The number of nitrogens with zero attached hydrogens (tertiary/aromatic N) is 1. The number of rotatable bonds is 3. The topological polar surface area (TPSA) is 54.5 Å². The van der Waals surface area contributed by atoms with Gasteiger partial charge in [0.2, 0.25) is 10.0 Å². The molecule has 100 valence electrons. The van der Waals surface area contributed by atoms with Crippen molar-refractivity contribution in [2.45, 2.75) is 40.0 Å². The van der Waals surface area contributed by atoms with E-state index >= 15 is 0 Å². The molecule has 0 radical (unpaired) electrons. The van der Waals surface area contributed by atoms with Crippen LogP contribution < -0.4 is 0 Å². The van der Waals surface area contributed by atoms with Crippen LogP contribution in [0.3, 0.4) is 0 Å². The third-order valence-electron chi connectivity index (χ3n) is 3.35. The molecule has 0 N–H and O–H groups in total. The molecule has 0 bridgehead atoms.